The van der Waals surface area contributed by atoms with Crippen LogP contribution in [-0.4, -0.2) is 68.5 Å². The Labute approximate surface area is 229 Å². The van der Waals surface area contributed by atoms with E-state index in [-0.39, 0.29) is 24.3 Å². The number of nitrogens with zero attached hydrogens (tertiary/aromatic N) is 4. The predicted octanol–water partition coefficient (Wildman–Crippen LogP) is 4.96. The molecule has 0 bridgehead atoms. The predicted molar refractivity (Wildman–Crippen MR) is 151 cm³/mol. The number of methoxy groups -OCH3 is 2. The van der Waals surface area contributed by atoms with E-state index >= 15 is 0 Å². The van der Waals surface area contributed by atoms with Crippen molar-refractivity contribution in [2.24, 2.45) is 5.10 Å². The van der Waals surface area contributed by atoms with Crippen molar-refractivity contribution in [1.82, 2.24) is 9.91 Å². The second-order valence-electron chi connectivity index (χ2n) is 10.1. The van der Waals surface area contributed by atoms with Gasteiger partial charge in [-0.15, -0.1) is 0 Å². The average Bonchev–Trinajstić information content (AvgIpc) is 3.40. The van der Waals surface area contributed by atoms with Gasteiger partial charge in [-0.2, -0.15) is 5.10 Å². The van der Waals surface area contributed by atoms with Crippen LogP contribution >= 0.6 is 0 Å². The van der Waals surface area contributed by atoms with Gasteiger partial charge in [0.05, 0.1) is 38.2 Å². The number of hydrogen-bond acceptors (Lipinski definition) is 6. The number of piperazine rings is 1. The van der Waals surface area contributed by atoms with Crippen LogP contribution in [-0.2, 0) is 4.79 Å². The fraction of sp³-hybridized carbons (Fsp3) is 0.355. The van der Waals surface area contributed by atoms with Crippen LogP contribution in [0.1, 0.15) is 34.7 Å². The molecule has 1 fully saturated rings. The van der Waals surface area contributed by atoms with E-state index in [9.17, 15) is 9.18 Å². The molecule has 1 amide bonds. The minimum atomic E-state index is -0.322. The Kier molecular flexibility index (Phi) is 7.84. The van der Waals surface area contributed by atoms with Gasteiger partial charge in [-0.1, -0.05) is 29.8 Å². The molecule has 0 spiro atoms. The molecule has 7 nitrogen and oxygen atoms in total. The summed E-state index contributed by atoms with van der Waals surface area (Å²) in [6.07, 6.45) is 0.570. The molecule has 204 valence electrons. The molecule has 2 aliphatic heterocycles. The third-order valence-electron chi connectivity index (χ3n) is 7.59. The molecule has 0 radical (unpaired) electrons. The van der Waals surface area contributed by atoms with Crippen LogP contribution in [0.25, 0.3) is 0 Å². The topological polar surface area (TPSA) is 57.6 Å². The number of anilines is 1. The lowest BCUT2D eigenvalue weighted by Crippen LogP contribution is -2.49. The van der Waals surface area contributed by atoms with Crippen molar-refractivity contribution in [2.75, 3.05) is 51.8 Å². The highest BCUT2D eigenvalue weighted by Gasteiger charge is 2.36. The number of aryl methyl sites for hydroxylation is 2. The normalized spacial score (nSPS) is 17.8. The molecule has 0 aliphatic carbocycles. The van der Waals surface area contributed by atoms with Gasteiger partial charge in [0.15, 0.2) is 0 Å². The smallest absolute Gasteiger partial charge is 0.257 e. The highest BCUT2D eigenvalue weighted by atomic mass is 19.1. The maximum Gasteiger partial charge on any atom is 0.257 e. The lowest BCUT2D eigenvalue weighted by Gasteiger charge is -2.36. The quantitative estimate of drug-likeness (QED) is 0.432. The van der Waals surface area contributed by atoms with Crippen LogP contribution < -0.4 is 14.4 Å². The van der Waals surface area contributed by atoms with E-state index in [0.717, 1.165) is 28.0 Å². The number of hydrazone groups is 1. The van der Waals surface area contributed by atoms with Crippen molar-refractivity contribution in [1.29, 1.82) is 0 Å². The SMILES string of the molecule is COc1ccc(OC)c([C@H]2CC(c3cc(C)ccc3C)=NN2C(=O)CN2CCN(c3ccccc3F)CC2)c1. The van der Waals surface area contributed by atoms with Crippen molar-refractivity contribution in [3.63, 3.8) is 0 Å². The molecule has 2 aliphatic rings. The largest absolute Gasteiger partial charge is 0.497 e. The summed E-state index contributed by atoms with van der Waals surface area (Å²) in [5.41, 5.74) is 5.66. The molecule has 0 saturated carbocycles. The zero-order chi connectivity index (χ0) is 27.5. The summed E-state index contributed by atoms with van der Waals surface area (Å²) < 4.78 is 25.5. The van der Waals surface area contributed by atoms with Gasteiger partial charge < -0.3 is 14.4 Å². The monoisotopic (exact) mass is 530 g/mol. The summed E-state index contributed by atoms with van der Waals surface area (Å²) in [4.78, 5) is 18.0. The number of rotatable bonds is 7. The molecule has 0 unspecified atom stereocenters. The molecule has 1 atom stereocenters. The standard InChI is InChI=1S/C31H35FN4O3/c1-21-9-10-22(2)24(17-21)27-19-29(25-18-23(38-3)11-12-30(25)39-4)36(33-27)31(37)20-34-13-15-35(16-14-34)28-8-6-5-7-26(28)32/h5-12,17-18,29H,13-16,19-20H2,1-4H3/t29-/m1/s1. The van der Waals surface area contributed by atoms with Gasteiger partial charge in [0.2, 0.25) is 0 Å². The molecular formula is C31H35FN4O3. The minimum absolute atomic E-state index is 0.0791. The number of ether oxygens (including phenoxy) is 2. The summed E-state index contributed by atoms with van der Waals surface area (Å²) in [6.45, 7) is 6.99. The Bertz CT molecular complexity index is 1380. The maximum atomic E-state index is 14.3. The number of benzene rings is 3. The maximum absolute atomic E-state index is 14.3. The van der Waals surface area contributed by atoms with E-state index in [4.69, 9.17) is 14.6 Å². The Morgan fingerprint density at radius 3 is 2.46 bits per heavy atom. The first-order valence-electron chi connectivity index (χ1n) is 13.3. The molecule has 3 aromatic carbocycles. The summed E-state index contributed by atoms with van der Waals surface area (Å²) in [6, 6.07) is 18.5. The van der Waals surface area contributed by atoms with Gasteiger partial charge in [0.1, 0.15) is 17.3 Å². The van der Waals surface area contributed by atoms with Crippen molar-refractivity contribution in [2.45, 2.75) is 26.3 Å². The van der Waals surface area contributed by atoms with Crippen LogP contribution in [0.4, 0.5) is 10.1 Å². The van der Waals surface area contributed by atoms with E-state index in [0.29, 0.717) is 49.8 Å². The van der Waals surface area contributed by atoms with Crippen molar-refractivity contribution >= 4 is 17.3 Å². The third kappa shape index (κ3) is 5.61. The van der Waals surface area contributed by atoms with Crippen molar-refractivity contribution in [3.8, 4) is 11.5 Å². The van der Waals surface area contributed by atoms with Gasteiger partial charge >= 0.3 is 0 Å². The van der Waals surface area contributed by atoms with Crippen LogP contribution in [0.15, 0.2) is 65.8 Å². The van der Waals surface area contributed by atoms with Crippen LogP contribution in [0.3, 0.4) is 0 Å². The fourth-order valence-electron chi connectivity index (χ4n) is 5.41. The molecule has 2 heterocycles. The molecule has 0 N–H and O–H groups in total. The van der Waals surface area contributed by atoms with E-state index in [1.807, 2.05) is 29.2 Å². The first-order chi connectivity index (χ1) is 18.9. The highest BCUT2D eigenvalue weighted by molar-refractivity contribution is 6.04. The van der Waals surface area contributed by atoms with Gasteiger partial charge in [-0.05, 0) is 55.8 Å². The number of carbonyl (C=O) groups excluding carboxylic acids is 1. The Hall–Kier alpha value is -3.91. The summed E-state index contributed by atoms with van der Waals surface area (Å²) in [7, 11) is 3.26. The van der Waals surface area contributed by atoms with Gasteiger partial charge in [-0.3, -0.25) is 9.69 Å². The molecular weight excluding hydrogens is 495 g/mol. The fourth-order valence-corrected chi connectivity index (χ4v) is 5.41. The zero-order valence-electron chi connectivity index (χ0n) is 23.0. The van der Waals surface area contributed by atoms with Gasteiger partial charge in [-0.25, -0.2) is 9.40 Å². The lowest BCUT2D eigenvalue weighted by molar-refractivity contribution is -0.134. The second-order valence-corrected chi connectivity index (χ2v) is 10.1. The van der Waals surface area contributed by atoms with E-state index < -0.39 is 0 Å². The van der Waals surface area contributed by atoms with Crippen molar-refractivity contribution in [3.05, 3.63) is 88.7 Å². The molecule has 39 heavy (non-hydrogen) atoms. The van der Waals surface area contributed by atoms with Crippen molar-refractivity contribution < 1.29 is 18.7 Å². The van der Waals surface area contributed by atoms with Crippen LogP contribution in [0, 0.1) is 19.7 Å². The zero-order valence-corrected chi connectivity index (χ0v) is 23.0. The van der Waals surface area contributed by atoms with Gasteiger partial charge in [0, 0.05) is 43.7 Å². The van der Waals surface area contributed by atoms with E-state index in [1.165, 1.54) is 6.07 Å². The molecule has 1 saturated heterocycles. The Balaban J connectivity index is 1.39. The third-order valence-corrected chi connectivity index (χ3v) is 7.59. The summed E-state index contributed by atoms with van der Waals surface area (Å²) in [5, 5.41) is 6.53. The van der Waals surface area contributed by atoms with Crippen LogP contribution in [0.5, 0.6) is 11.5 Å². The van der Waals surface area contributed by atoms with E-state index in [1.54, 1.807) is 31.4 Å². The Morgan fingerprint density at radius 1 is 0.974 bits per heavy atom. The number of halogens is 1. The number of hydrogen-bond donors (Lipinski definition) is 0. The summed E-state index contributed by atoms with van der Waals surface area (Å²) in [5.74, 6) is 1.09. The Morgan fingerprint density at radius 2 is 1.74 bits per heavy atom. The van der Waals surface area contributed by atoms with E-state index in [2.05, 4.69) is 36.9 Å². The molecule has 5 rings (SSSR count). The highest BCUT2D eigenvalue weighted by Crippen LogP contribution is 2.40. The molecule has 3 aromatic rings. The first-order valence-corrected chi connectivity index (χ1v) is 13.3. The molecule has 8 heteroatoms. The number of amides is 1. The molecule has 0 aromatic heterocycles. The van der Waals surface area contributed by atoms with Gasteiger partial charge in [0.25, 0.3) is 5.91 Å². The average molecular weight is 531 g/mol. The summed E-state index contributed by atoms with van der Waals surface area (Å²) >= 11 is 0. The number of para-hydroxylation sites is 1. The second kappa shape index (κ2) is 11.5. The van der Waals surface area contributed by atoms with Crippen LogP contribution in [0.2, 0.25) is 0 Å². The minimum Gasteiger partial charge on any atom is -0.497 e. The number of carbonyl (C=O) groups is 1. The lowest BCUT2D eigenvalue weighted by atomic mass is 9.94. The first kappa shape index (κ1) is 26.7.